The van der Waals surface area contributed by atoms with Gasteiger partial charge in [-0.1, -0.05) is 31.0 Å². The van der Waals surface area contributed by atoms with Crippen LogP contribution < -0.4 is 14.4 Å². The van der Waals surface area contributed by atoms with Gasteiger partial charge in [0.2, 0.25) is 16.1 Å². The summed E-state index contributed by atoms with van der Waals surface area (Å²) in [5.41, 5.74) is 1.10. The summed E-state index contributed by atoms with van der Waals surface area (Å²) in [6.07, 6.45) is 3.62. The predicted molar refractivity (Wildman–Crippen MR) is 129 cm³/mol. The molecule has 8 nitrogen and oxygen atoms in total. The number of hydrogen-bond donors (Lipinski definition) is 0. The number of amides is 1. The van der Waals surface area contributed by atoms with Crippen LogP contribution in [0.4, 0.5) is 5.69 Å². The first-order valence-corrected chi connectivity index (χ1v) is 13.5. The van der Waals surface area contributed by atoms with Gasteiger partial charge in [-0.25, -0.2) is 8.42 Å². The summed E-state index contributed by atoms with van der Waals surface area (Å²) in [4.78, 5) is 17.1. The van der Waals surface area contributed by atoms with Crippen LogP contribution in [0, 0.1) is 0 Å². The highest BCUT2D eigenvalue weighted by Crippen LogP contribution is 2.35. The molecule has 9 heteroatoms. The van der Waals surface area contributed by atoms with Gasteiger partial charge in [-0.15, -0.1) is 0 Å². The summed E-state index contributed by atoms with van der Waals surface area (Å²) in [6.45, 7) is 3.68. The van der Waals surface area contributed by atoms with Gasteiger partial charge in [0, 0.05) is 51.0 Å². The van der Waals surface area contributed by atoms with E-state index in [1.54, 1.807) is 12.1 Å². The van der Waals surface area contributed by atoms with Gasteiger partial charge < -0.3 is 19.3 Å². The molecule has 0 radical (unpaired) electrons. The minimum atomic E-state index is -3.66. The predicted octanol–water partition coefficient (Wildman–Crippen LogP) is 2.74. The monoisotopic (exact) mass is 485 g/mol. The van der Waals surface area contributed by atoms with Gasteiger partial charge >= 0.3 is 0 Å². The minimum absolute atomic E-state index is 0.0551. The van der Waals surface area contributed by atoms with Crippen LogP contribution in [0.5, 0.6) is 11.5 Å². The van der Waals surface area contributed by atoms with Crippen molar-refractivity contribution in [2.75, 3.05) is 50.8 Å². The summed E-state index contributed by atoms with van der Waals surface area (Å²) < 4.78 is 39.8. The van der Waals surface area contributed by atoms with E-state index in [-0.39, 0.29) is 17.4 Å². The lowest BCUT2D eigenvalue weighted by molar-refractivity contribution is -0.141. The highest BCUT2D eigenvalue weighted by molar-refractivity contribution is 7.89. The number of ether oxygens (including phenoxy) is 2. The molecule has 3 aliphatic heterocycles. The molecule has 0 N–H and O–H groups in total. The molecule has 5 rings (SSSR count). The van der Waals surface area contributed by atoms with Crippen molar-refractivity contribution in [3.05, 3.63) is 48.5 Å². The molecule has 3 aliphatic rings. The first-order chi connectivity index (χ1) is 16.5. The van der Waals surface area contributed by atoms with Gasteiger partial charge in [-0.05, 0) is 37.1 Å². The van der Waals surface area contributed by atoms with Crippen LogP contribution in [-0.4, -0.2) is 75.5 Å². The average molecular weight is 486 g/mol. The second kappa shape index (κ2) is 9.84. The van der Waals surface area contributed by atoms with Crippen LogP contribution in [0.1, 0.15) is 25.7 Å². The number of para-hydroxylation sites is 1. The maximum atomic E-state index is 13.3. The van der Waals surface area contributed by atoms with E-state index in [2.05, 4.69) is 4.90 Å². The largest absolute Gasteiger partial charge is 0.485 e. The number of piperazine rings is 1. The van der Waals surface area contributed by atoms with E-state index in [1.807, 2.05) is 35.2 Å². The third kappa shape index (κ3) is 4.72. The van der Waals surface area contributed by atoms with Crippen molar-refractivity contribution in [1.29, 1.82) is 0 Å². The Kier molecular flexibility index (Phi) is 6.65. The van der Waals surface area contributed by atoms with Crippen molar-refractivity contribution in [2.24, 2.45) is 0 Å². The lowest BCUT2D eigenvalue weighted by Gasteiger charge is -2.35. The van der Waals surface area contributed by atoms with Crippen LogP contribution in [0.25, 0.3) is 0 Å². The molecule has 0 spiro atoms. The molecular formula is C25H31N3O5S. The summed E-state index contributed by atoms with van der Waals surface area (Å²) >= 11 is 0. The Bertz CT molecular complexity index is 1110. The summed E-state index contributed by atoms with van der Waals surface area (Å²) in [5.74, 6) is 0.719. The molecule has 0 saturated carbocycles. The quantitative estimate of drug-likeness (QED) is 0.663. The normalized spacial score (nSPS) is 21.7. The SMILES string of the molecule is O=C(C1COc2cc(S(=O)(=O)N3CCN(c4ccccc4)CC3)ccc2O1)N1CCCCCC1. The smallest absolute Gasteiger partial charge is 0.267 e. The third-order valence-electron chi connectivity index (χ3n) is 6.77. The fourth-order valence-corrected chi connectivity index (χ4v) is 6.24. The number of carbonyl (C=O) groups is 1. The Hall–Kier alpha value is -2.78. The summed E-state index contributed by atoms with van der Waals surface area (Å²) in [6, 6.07) is 14.7. The molecule has 0 aliphatic carbocycles. The molecule has 2 saturated heterocycles. The van der Waals surface area contributed by atoms with Crippen LogP contribution in [-0.2, 0) is 14.8 Å². The Morgan fingerprint density at radius 3 is 2.24 bits per heavy atom. The first kappa shape index (κ1) is 23.0. The highest BCUT2D eigenvalue weighted by Gasteiger charge is 2.34. The number of nitrogens with zero attached hydrogens (tertiary/aromatic N) is 3. The van der Waals surface area contributed by atoms with Gasteiger partial charge in [0.25, 0.3) is 5.91 Å². The Morgan fingerprint density at radius 2 is 1.53 bits per heavy atom. The Labute approximate surface area is 201 Å². The van der Waals surface area contributed by atoms with E-state index in [0.717, 1.165) is 44.5 Å². The molecule has 2 aromatic rings. The topological polar surface area (TPSA) is 79.4 Å². The molecular weight excluding hydrogens is 454 g/mol. The summed E-state index contributed by atoms with van der Waals surface area (Å²) in [7, 11) is -3.66. The van der Waals surface area contributed by atoms with E-state index >= 15 is 0 Å². The van der Waals surface area contributed by atoms with Crippen molar-refractivity contribution < 1.29 is 22.7 Å². The van der Waals surface area contributed by atoms with Gasteiger partial charge in [-0.2, -0.15) is 4.31 Å². The third-order valence-corrected chi connectivity index (χ3v) is 8.66. The molecule has 0 aromatic heterocycles. The zero-order chi connectivity index (χ0) is 23.5. The van der Waals surface area contributed by atoms with E-state index in [9.17, 15) is 13.2 Å². The maximum absolute atomic E-state index is 13.3. The molecule has 3 heterocycles. The summed E-state index contributed by atoms with van der Waals surface area (Å²) in [5, 5.41) is 0. The second-order valence-electron chi connectivity index (χ2n) is 8.99. The van der Waals surface area contributed by atoms with Crippen LogP contribution in [0.2, 0.25) is 0 Å². The number of carbonyl (C=O) groups excluding carboxylic acids is 1. The number of hydrogen-bond acceptors (Lipinski definition) is 6. The van der Waals surface area contributed by atoms with E-state index < -0.39 is 16.1 Å². The average Bonchev–Trinajstić information content (AvgIpc) is 3.18. The number of fused-ring (bicyclic) bond motifs is 1. The van der Waals surface area contributed by atoms with E-state index in [1.165, 1.54) is 10.4 Å². The number of likely N-dealkylation sites (tertiary alicyclic amines) is 1. The molecule has 1 atom stereocenters. The standard InChI is InChI=1S/C25H31N3O5S/c29-25(27-12-6-1-2-7-13-27)24-19-32-23-18-21(10-11-22(23)33-24)34(30,31)28-16-14-26(15-17-28)20-8-4-3-5-9-20/h3-5,8-11,18,24H,1-2,6-7,12-17,19H2. The number of rotatable bonds is 4. The minimum Gasteiger partial charge on any atom is -0.485 e. The molecule has 1 unspecified atom stereocenters. The second-order valence-corrected chi connectivity index (χ2v) is 10.9. The van der Waals surface area contributed by atoms with Crippen LogP contribution in [0.15, 0.2) is 53.4 Å². The Morgan fingerprint density at radius 1 is 0.824 bits per heavy atom. The maximum Gasteiger partial charge on any atom is 0.267 e. The zero-order valence-corrected chi connectivity index (χ0v) is 20.1. The fourth-order valence-electron chi connectivity index (χ4n) is 4.80. The lowest BCUT2D eigenvalue weighted by atomic mass is 10.2. The van der Waals surface area contributed by atoms with Gasteiger partial charge in [0.05, 0.1) is 4.90 Å². The van der Waals surface area contributed by atoms with Gasteiger partial charge in [0.1, 0.15) is 6.61 Å². The molecule has 182 valence electrons. The van der Waals surface area contributed by atoms with Crippen molar-refractivity contribution in [1.82, 2.24) is 9.21 Å². The first-order valence-electron chi connectivity index (χ1n) is 12.0. The molecule has 0 bridgehead atoms. The fraction of sp³-hybridized carbons (Fsp3) is 0.480. The van der Waals surface area contributed by atoms with Gasteiger partial charge in [-0.3, -0.25) is 4.79 Å². The van der Waals surface area contributed by atoms with Gasteiger partial charge in [0.15, 0.2) is 11.5 Å². The van der Waals surface area contributed by atoms with E-state index in [0.29, 0.717) is 37.7 Å². The van der Waals surface area contributed by atoms with Crippen LogP contribution in [0.3, 0.4) is 0 Å². The van der Waals surface area contributed by atoms with E-state index in [4.69, 9.17) is 9.47 Å². The number of sulfonamides is 1. The number of anilines is 1. The van der Waals surface area contributed by atoms with Crippen molar-refractivity contribution in [3.8, 4) is 11.5 Å². The lowest BCUT2D eigenvalue weighted by Crippen LogP contribution is -2.48. The molecule has 34 heavy (non-hydrogen) atoms. The molecule has 2 aromatic carbocycles. The van der Waals surface area contributed by atoms with Crippen molar-refractivity contribution in [2.45, 2.75) is 36.7 Å². The Balaban J connectivity index is 1.24. The number of benzene rings is 2. The molecule has 2 fully saturated rings. The van der Waals surface area contributed by atoms with Crippen molar-refractivity contribution in [3.63, 3.8) is 0 Å². The zero-order valence-electron chi connectivity index (χ0n) is 19.3. The highest BCUT2D eigenvalue weighted by atomic mass is 32.2. The molecule has 1 amide bonds. The van der Waals surface area contributed by atoms with Crippen molar-refractivity contribution >= 4 is 21.6 Å². The van der Waals surface area contributed by atoms with Crippen LogP contribution >= 0.6 is 0 Å².